The molecule has 0 aliphatic carbocycles. The van der Waals surface area contributed by atoms with Crippen molar-refractivity contribution in [1.82, 2.24) is 10.2 Å². The van der Waals surface area contributed by atoms with Gasteiger partial charge in [-0.3, -0.25) is 4.79 Å². The van der Waals surface area contributed by atoms with Crippen molar-refractivity contribution < 1.29 is 9.53 Å². The molecule has 2 aliphatic heterocycles. The number of thioether (sulfide) groups is 1. The zero-order valence-corrected chi connectivity index (χ0v) is 11.3. The van der Waals surface area contributed by atoms with Crippen LogP contribution in [0.2, 0.25) is 0 Å². The van der Waals surface area contributed by atoms with Gasteiger partial charge in [-0.15, -0.1) is 11.8 Å². The molecule has 0 spiro atoms. The second kappa shape index (κ2) is 6.61. The van der Waals surface area contributed by atoms with Crippen molar-refractivity contribution in [3.05, 3.63) is 0 Å². The number of carbonyl (C=O) groups is 1. The molecule has 4 nitrogen and oxygen atoms in total. The van der Waals surface area contributed by atoms with E-state index in [0.717, 1.165) is 19.6 Å². The molecule has 2 heterocycles. The lowest BCUT2D eigenvalue weighted by Crippen LogP contribution is -2.48. The molecule has 2 rings (SSSR count). The number of hydrogen-bond acceptors (Lipinski definition) is 4. The van der Waals surface area contributed by atoms with Crippen molar-refractivity contribution in [3.63, 3.8) is 0 Å². The zero-order chi connectivity index (χ0) is 12.1. The fourth-order valence-electron chi connectivity index (χ4n) is 2.33. The lowest BCUT2D eigenvalue weighted by atomic mass is 10.2. The van der Waals surface area contributed by atoms with Gasteiger partial charge in [0, 0.05) is 11.8 Å². The van der Waals surface area contributed by atoms with Crippen LogP contribution in [0.1, 0.15) is 19.8 Å². The molecular weight excluding hydrogens is 236 g/mol. The van der Waals surface area contributed by atoms with Crippen LogP contribution in [-0.4, -0.2) is 60.7 Å². The maximum absolute atomic E-state index is 12.1. The van der Waals surface area contributed by atoms with Crippen LogP contribution in [-0.2, 0) is 9.53 Å². The van der Waals surface area contributed by atoms with Crippen molar-refractivity contribution in [2.75, 3.05) is 38.6 Å². The van der Waals surface area contributed by atoms with Crippen LogP contribution in [0.3, 0.4) is 0 Å². The van der Waals surface area contributed by atoms with Crippen LogP contribution in [0.15, 0.2) is 0 Å². The molecule has 2 saturated heterocycles. The van der Waals surface area contributed by atoms with Gasteiger partial charge in [0.25, 0.3) is 0 Å². The SMILES string of the molecule is C[C@@H]1COCCN1C(=O)CSC1CCNCC1. The summed E-state index contributed by atoms with van der Waals surface area (Å²) in [7, 11) is 0. The molecule has 2 fully saturated rings. The fourth-order valence-corrected chi connectivity index (χ4v) is 3.44. The molecule has 0 saturated carbocycles. The smallest absolute Gasteiger partial charge is 0.232 e. The summed E-state index contributed by atoms with van der Waals surface area (Å²) in [6.45, 7) is 6.39. The lowest BCUT2D eigenvalue weighted by Gasteiger charge is -2.33. The van der Waals surface area contributed by atoms with Gasteiger partial charge in [-0.2, -0.15) is 0 Å². The van der Waals surface area contributed by atoms with Gasteiger partial charge < -0.3 is 15.0 Å². The first-order chi connectivity index (χ1) is 8.27. The van der Waals surface area contributed by atoms with Crippen LogP contribution in [0.5, 0.6) is 0 Å². The number of rotatable bonds is 3. The highest BCUT2D eigenvalue weighted by Gasteiger charge is 2.24. The van der Waals surface area contributed by atoms with Crippen LogP contribution in [0.4, 0.5) is 0 Å². The second-order valence-corrected chi connectivity index (χ2v) is 6.06. The van der Waals surface area contributed by atoms with Gasteiger partial charge in [0.2, 0.25) is 5.91 Å². The summed E-state index contributed by atoms with van der Waals surface area (Å²) >= 11 is 1.83. The monoisotopic (exact) mass is 258 g/mol. The number of hydrogen-bond donors (Lipinski definition) is 1. The molecule has 5 heteroatoms. The number of nitrogens with one attached hydrogen (secondary N) is 1. The van der Waals surface area contributed by atoms with Crippen molar-refractivity contribution in [2.24, 2.45) is 0 Å². The Hall–Kier alpha value is -0.260. The molecule has 0 aromatic heterocycles. The molecule has 0 bridgehead atoms. The molecular formula is C12H22N2O2S. The number of carbonyl (C=O) groups excluding carboxylic acids is 1. The minimum atomic E-state index is 0.241. The highest BCUT2D eigenvalue weighted by molar-refractivity contribution is 8.00. The maximum Gasteiger partial charge on any atom is 0.232 e. The fraction of sp³-hybridized carbons (Fsp3) is 0.917. The molecule has 1 atom stereocenters. The third kappa shape index (κ3) is 3.86. The number of amides is 1. The van der Waals surface area contributed by atoms with E-state index in [9.17, 15) is 4.79 Å². The van der Waals surface area contributed by atoms with E-state index in [-0.39, 0.29) is 11.9 Å². The molecule has 1 N–H and O–H groups in total. The van der Waals surface area contributed by atoms with E-state index in [4.69, 9.17) is 4.74 Å². The van der Waals surface area contributed by atoms with Crippen molar-refractivity contribution >= 4 is 17.7 Å². The zero-order valence-electron chi connectivity index (χ0n) is 10.5. The van der Waals surface area contributed by atoms with Gasteiger partial charge in [0.05, 0.1) is 25.0 Å². The second-order valence-electron chi connectivity index (χ2n) is 4.77. The van der Waals surface area contributed by atoms with Crippen LogP contribution >= 0.6 is 11.8 Å². The average Bonchev–Trinajstić information content (AvgIpc) is 2.38. The summed E-state index contributed by atoms with van der Waals surface area (Å²) in [5.41, 5.74) is 0. The van der Waals surface area contributed by atoms with Crippen molar-refractivity contribution in [1.29, 1.82) is 0 Å². The van der Waals surface area contributed by atoms with E-state index in [1.165, 1.54) is 12.8 Å². The van der Waals surface area contributed by atoms with Crippen LogP contribution < -0.4 is 5.32 Å². The standard InChI is InChI=1S/C12H22N2O2S/c1-10-8-16-7-6-14(10)12(15)9-17-11-2-4-13-5-3-11/h10-11,13H,2-9H2,1H3/t10-/m1/s1. The Balaban J connectivity index is 1.72. The highest BCUT2D eigenvalue weighted by atomic mass is 32.2. The molecule has 98 valence electrons. The molecule has 1 amide bonds. The summed E-state index contributed by atoms with van der Waals surface area (Å²) in [5, 5.41) is 4.01. The van der Waals surface area contributed by atoms with E-state index < -0.39 is 0 Å². The predicted octanol–water partition coefficient (Wildman–Crippen LogP) is 0.719. The Morgan fingerprint density at radius 1 is 1.47 bits per heavy atom. The van der Waals surface area contributed by atoms with Crippen LogP contribution in [0.25, 0.3) is 0 Å². The van der Waals surface area contributed by atoms with E-state index in [1.54, 1.807) is 0 Å². The van der Waals surface area contributed by atoms with Gasteiger partial charge in [0.1, 0.15) is 0 Å². The largest absolute Gasteiger partial charge is 0.377 e. The summed E-state index contributed by atoms with van der Waals surface area (Å²) in [4.78, 5) is 14.1. The lowest BCUT2D eigenvalue weighted by molar-refractivity contribution is -0.136. The summed E-state index contributed by atoms with van der Waals surface area (Å²) in [6, 6.07) is 0.241. The number of nitrogens with zero attached hydrogens (tertiary/aromatic N) is 1. The summed E-state index contributed by atoms with van der Waals surface area (Å²) < 4.78 is 5.35. The number of ether oxygens (including phenoxy) is 1. The first kappa shape index (κ1) is 13.2. The Morgan fingerprint density at radius 3 is 2.94 bits per heavy atom. The van der Waals surface area contributed by atoms with Gasteiger partial charge in [-0.1, -0.05) is 0 Å². The molecule has 2 aliphatic rings. The van der Waals surface area contributed by atoms with E-state index in [0.29, 0.717) is 24.2 Å². The van der Waals surface area contributed by atoms with E-state index >= 15 is 0 Å². The Labute approximate surface area is 107 Å². The highest BCUT2D eigenvalue weighted by Crippen LogP contribution is 2.21. The number of piperidine rings is 1. The van der Waals surface area contributed by atoms with E-state index in [1.807, 2.05) is 16.7 Å². The first-order valence-corrected chi connectivity index (χ1v) is 7.52. The topological polar surface area (TPSA) is 41.6 Å². The van der Waals surface area contributed by atoms with Gasteiger partial charge in [-0.25, -0.2) is 0 Å². The third-order valence-corrected chi connectivity index (χ3v) is 4.77. The van der Waals surface area contributed by atoms with Gasteiger partial charge in [0.15, 0.2) is 0 Å². The molecule has 0 aromatic rings. The maximum atomic E-state index is 12.1. The van der Waals surface area contributed by atoms with E-state index in [2.05, 4.69) is 12.2 Å². The normalized spacial score (nSPS) is 27.1. The van der Waals surface area contributed by atoms with Gasteiger partial charge in [-0.05, 0) is 32.9 Å². The third-order valence-electron chi connectivity index (χ3n) is 3.42. The van der Waals surface area contributed by atoms with Crippen molar-refractivity contribution in [2.45, 2.75) is 31.1 Å². The molecule has 0 radical (unpaired) electrons. The predicted molar refractivity (Wildman–Crippen MR) is 70.3 cm³/mol. The molecule has 0 unspecified atom stereocenters. The minimum Gasteiger partial charge on any atom is -0.377 e. The first-order valence-electron chi connectivity index (χ1n) is 6.47. The summed E-state index contributed by atoms with van der Waals surface area (Å²) in [5.74, 6) is 0.916. The average molecular weight is 258 g/mol. The Kier molecular flexibility index (Phi) is 5.13. The quantitative estimate of drug-likeness (QED) is 0.810. The van der Waals surface area contributed by atoms with Crippen molar-refractivity contribution in [3.8, 4) is 0 Å². The molecule has 0 aromatic carbocycles. The minimum absolute atomic E-state index is 0.241. The Bertz CT molecular complexity index is 257. The number of morpholine rings is 1. The molecule has 17 heavy (non-hydrogen) atoms. The van der Waals surface area contributed by atoms with Crippen LogP contribution in [0, 0.1) is 0 Å². The Morgan fingerprint density at radius 2 is 2.24 bits per heavy atom. The van der Waals surface area contributed by atoms with Gasteiger partial charge >= 0.3 is 0 Å². The summed E-state index contributed by atoms with van der Waals surface area (Å²) in [6.07, 6.45) is 2.38.